The van der Waals surface area contributed by atoms with Gasteiger partial charge in [-0.25, -0.2) is 14.4 Å². The van der Waals surface area contributed by atoms with E-state index in [1.165, 1.54) is 12.0 Å². The molecule has 12 heteroatoms. The Labute approximate surface area is 215 Å². The molecule has 1 aromatic rings. The molecule has 1 fully saturated rings. The predicted octanol–water partition coefficient (Wildman–Crippen LogP) is 1.94. The number of anilines is 1. The topological polar surface area (TPSA) is 163 Å². The fourth-order valence-electron chi connectivity index (χ4n) is 4.64. The van der Waals surface area contributed by atoms with Gasteiger partial charge >= 0.3 is 18.2 Å². The van der Waals surface area contributed by atoms with Gasteiger partial charge in [0, 0.05) is 31.0 Å². The summed E-state index contributed by atoms with van der Waals surface area (Å²) in [6, 6.07) is 4.71. The third-order valence-electron chi connectivity index (χ3n) is 6.47. The molecule has 0 spiro atoms. The molecule has 2 aliphatic heterocycles. The molecule has 202 valence electrons. The first-order valence-corrected chi connectivity index (χ1v) is 12.3. The van der Waals surface area contributed by atoms with Gasteiger partial charge in [-0.05, 0) is 31.2 Å². The van der Waals surface area contributed by atoms with E-state index in [9.17, 15) is 29.1 Å². The lowest BCUT2D eigenvalue weighted by atomic mass is 9.97. The van der Waals surface area contributed by atoms with E-state index in [0.29, 0.717) is 24.2 Å². The van der Waals surface area contributed by atoms with Crippen LogP contribution in [0.25, 0.3) is 0 Å². The normalized spacial score (nSPS) is 20.3. The molecular formula is C25H34N4O8. The number of methoxy groups -OCH3 is 1. The maximum atomic E-state index is 13.1. The molecule has 37 heavy (non-hydrogen) atoms. The number of para-hydroxylation sites is 1. The summed E-state index contributed by atoms with van der Waals surface area (Å²) in [4.78, 5) is 63.1. The highest BCUT2D eigenvalue weighted by Gasteiger charge is 2.35. The van der Waals surface area contributed by atoms with E-state index < -0.39 is 48.2 Å². The molecule has 1 saturated heterocycles. The second kappa shape index (κ2) is 12.4. The minimum absolute atomic E-state index is 0.0211. The first-order chi connectivity index (χ1) is 17.6. The predicted molar refractivity (Wildman–Crippen MR) is 132 cm³/mol. The van der Waals surface area contributed by atoms with Gasteiger partial charge in [0.2, 0.25) is 11.8 Å². The number of fused-ring (bicyclic) bond motifs is 1. The number of rotatable bonds is 9. The number of benzene rings is 1. The van der Waals surface area contributed by atoms with Gasteiger partial charge in [-0.1, -0.05) is 32.0 Å². The Hall–Kier alpha value is -3.83. The molecule has 3 rings (SSSR count). The summed E-state index contributed by atoms with van der Waals surface area (Å²) in [6.07, 6.45) is -1.48. The Morgan fingerprint density at radius 3 is 2.49 bits per heavy atom. The van der Waals surface area contributed by atoms with Crippen molar-refractivity contribution < 1.29 is 38.6 Å². The number of carboxylic acid groups (broad SMARTS) is 1. The molecule has 4 amide bonds. The van der Waals surface area contributed by atoms with Gasteiger partial charge in [0.1, 0.15) is 18.2 Å². The van der Waals surface area contributed by atoms with Gasteiger partial charge < -0.3 is 30.5 Å². The third kappa shape index (κ3) is 7.11. The summed E-state index contributed by atoms with van der Waals surface area (Å²) in [5.41, 5.74) is 0.990. The highest BCUT2D eigenvalue weighted by atomic mass is 16.6. The summed E-state index contributed by atoms with van der Waals surface area (Å²) >= 11 is 0. The van der Waals surface area contributed by atoms with Crippen LogP contribution in [0, 0.1) is 11.8 Å². The van der Waals surface area contributed by atoms with Crippen molar-refractivity contribution in [2.75, 3.05) is 25.1 Å². The van der Waals surface area contributed by atoms with Crippen LogP contribution >= 0.6 is 0 Å². The second-order valence-electron chi connectivity index (χ2n) is 9.60. The zero-order valence-corrected chi connectivity index (χ0v) is 21.2. The minimum Gasteiger partial charge on any atom is -0.467 e. The first-order valence-electron chi connectivity index (χ1n) is 12.3. The van der Waals surface area contributed by atoms with Crippen LogP contribution in [0.5, 0.6) is 0 Å². The zero-order valence-electron chi connectivity index (χ0n) is 21.2. The average Bonchev–Trinajstić information content (AvgIpc) is 3.26. The van der Waals surface area contributed by atoms with Gasteiger partial charge in [0.05, 0.1) is 12.8 Å². The monoisotopic (exact) mass is 518 g/mol. The van der Waals surface area contributed by atoms with E-state index in [0.717, 1.165) is 0 Å². The van der Waals surface area contributed by atoms with E-state index in [4.69, 9.17) is 9.47 Å². The van der Waals surface area contributed by atoms with E-state index in [2.05, 4.69) is 16.0 Å². The first kappa shape index (κ1) is 27.8. The van der Waals surface area contributed by atoms with Crippen LogP contribution in [-0.2, 0) is 23.9 Å². The number of carbonyl (C=O) groups is 5. The van der Waals surface area contributed by atoms with Gasteiger partial charge in [-0.15, -0.1) is 0 Å². The molecule has 0 bridgehead atoms. The quantitative estimate of drug-likeness (QED) is 0.360. The van der Waals surface area contributed by atoms with Crippen molar-refractivity contribution in [2.24, 2.45) is 11.8 Å². The number of hydrogen-bond acceptors (Lipinski definition) is 7. The highest BCUT2D eigenvalue weighted by Crippen LogP contribution is 2.36. The lowest BCUT2D eigenvalue weighted by Crippen LogP contribution is -2.53. The number of amides is 4. The Kier molecular flexibility index (Phi) is 9.31. The van der Waals surface area contributed by atoms with Gasteiger partial charge in [-0.2, -0.15) is 0 Å². The standard InChI is InChI=1S/C25H34N4O8/c1-14(2)12-17(22(31)27-18(23(32)36-3)13-15-8-10-26-21(15)30)28-24(33)37-20-9-11-29(25(34)35)19-7-5-4-6-16(19)20/h4-7,14-15,17-18,20H,8-13H2,1-3H3,(H,26,30)(H,27,31)(H,28,33)(H,34,35)/t15-,17?,18?,20?/m0/s1. The zero-order chi connectivity index (χ0) is 27.1. The van der Waals surface area contributed by atoms with Gasteiger partial charge in [0.15, 0.2) is 0 Å². The molecule has 0 saturated carbocycles. The van der Waals surface area contributed by atoms with Crippen LogP contribution in [0.15, 0.2) is 24.3 Å². The van der Waals surface area contributed by atoms with Crippen molar-refractivity contribution >= 4 is 35.7 Å². The molecule has 2 heterocycles. The van der Waals surface area contributed by atoms with E-state index in [1.807, 2.05) is 13.8 Å². The number of nitrogens with one attached hydrogen (secondary N) is 3. The Balaban J connectivity index is 1.68. The highest BCUT2D eigenvalue weighted by molar-refractivity contribution is 5.91. The Morgan fingerprint density at radius 1 is 1.14 bits per heavy atom. The number of alkyl carbamates (subject to hydrolysis) is 1. The molecule has 3 unspecified atom stereocenters. The summed E-state index contributed by atoms with van der Waals surface area (Å²) in [5.74, 6) is -1.87. The van der Waals surface area contributed by atoms with Crippen LogP contribution in [-0.4, -0.2) is 67.4 Å². The molecular weight excluding hydrogens is 484 g/mol. The largest absolute Gasteiger partial charge is 0.467 e. The lowest BCUT2D eigenvalue weighted by Gasteiger charge is -2.32. The van der Waals surface area contributed by atoms with Crippen LogP contribution in [0.2, 0.25) is 0 Å². The average molecular weight is 519 g/mol. The molecule has 12 nitrogen and oxygen atoms in total. The van der Waals surface area contributed by atoms with E-state index >= 15 is 0 Å². The second-order valence-corrected chi connectivity index (χ2v) is 9.60. The number of esters is 1. The summed E-state index contributed by atoms with van der Waals surface area (Å²) < 4.78 is 10.4. The van der Waals surface area contributed by atoms with Crippen molar-refractivity contribution in [3.63, 3.8) is 0 Å². The molecule has 1 aromatic carbocycles. The molecule has 0 aromatic heterocycles. The molecule has 4 N–H and O–H groups in total. The van der Waals surface area contributed by atoms with Gasteiger partial charge in [0.25, 0.3) is 0 Å². The van der Waals surface area contributed by atoms with Crippen molar-refractivity contribution in [1.29, 1.82) is 0 Å². The number of hydrogen-bond donors (Lipinski definition) is 4. The van der Waals surface area contributed by atoms with Crippen molar-refractivity contribution in [3.8, 4) is 0 Å². The summed E-state index contributed by atoms with van der Waals surface area (Å²) in [5, 5.41) is 17.4. The third-order valence-corrected chi connectivity index (χ3v) is 6.47. The SMILES string of the molecule is COC(=O)C(C[C@@H]1CCNC1=O)NC(=O)C(CC(C)C)NC(=O)OC1CCN(C(=O)O)c2ccccc21. The Bertz CT molecular complexity index is 1030. The number of nitrogens with zero attached hydrogens (tertiary/aromatic N) is 1. The van der Waals surface area contributed by atoms with Crippen LogP contribution in [0.1, 0.15) is 51.2 Å². The van der Waals surface area contributed by atoms with Crippen molar-refractivity contribution in [3.05, 3.63) is 29.8 Å². The fraction of sp³-hybridized carbons (Fsp3) is 0.560. The summed E-state index contributed by atoms with van der Waals surface area (Å²) in [7, 11) is 1.20. The maximum absolute atomic E-state index is 13.1. The fourth-order valence-corrected chi connectivity index (χ4v) is 4.64. The molecule has 2 aliphatic rings. The smallest absolute Gasteiger partial charge is 0.411 e. The molecule has 0 radical (unpaired) electrons. The minimum atomic E-state index is -1.10. The summed E-state index contributed by atoms with van der Waals surface area (Å²) in [6.45, 7) is 4.41. The van der Waals surface area contributed by atoms with Crippen molar-refractivity contribution in [1.82, 2.24) is 16.0 Å². The lowest BCUT2D eigenvalue weighted by molar-refractivity contribution is -0.146. The molecule has 0 aliphatic carbocycles. The number of carbonyl (C=O) groups excluding carboxylic acids is 4. The van der Waals surface area contributed by atoms with Crippen LogP contribution in [0.3, 0.4) is 0 Å². The number of ether oxygens (including phenoxy) is 2. The van der Waals surface area contributed by atoms with Gasteiger partial charge in [-0.3, -0.25) is 14.5 Å². The van der Waals surface area contributed by atoms with E-state index in [-0.39, 0.29) is 37.6 Å². The van der Waals surface area contributed by atoms with Crippen LogP contribution in [0.4, 0.5) is 15.3 Å². The van der Waals surface area contributed by atoms with Crippen LogP contribution < -0.4 is 20.9 Å². The van der Waals surface area contributed by atoms with Crippen molar-refractivity contribution in [2.45, 2.75) is 57.7 Å². The Morgan fingerprint density at radius 2 is 1.86 bits per heavy atom. The molecule has 4 atom stereocenters. The van der Waals surface area contributed by atoms with E-state index in [1.54, 1.807) is 24.3 Å². The maximum Gasteiger partial charge on any atom is 0.411 e.